The van der Waals surface area contributed by atoms with Crippen molar-refractivity contribution in [1.29, 1.82) is 0 Å². The second kappa shape index (κ2) is 8.13. The Labute approximate surface area is 165 Å². The number of nitrogens with one attached hydrogen (secondary N) is 3. The zero-order valence-electron chi connectivity index (χ0n) is 14.9. The Bertz CT molecular complexity index is 931. The van der Waals surface area contributed by atoms with Gasteiger partial charge in [-0.05, 0) is 43.3 Å². The molecule has 8 nitrogen and oxygen atoms in total. The summed E-state index contributed by atoms with van der Waals surface area (Å²) in [5.41, 5.74) is 2.25. The monoisotopic (exact) mass is 398 g/mol. The van der Waals surface area contributed by atoms with E-state index < -0.39 is 23.4 Å². The van der Waals surface area contributed by atoms with E-state index >= 15 is 0 Å². The molecule has 1 unspecified atom stereocenters. The summed E-state index contributed by atoms with van der Waals surface area (Å²) in [7, 11) is 0. The number of hydrogen-bond donors (Lipinski definition) is 4. The second-order valence-corrected chi connectivity index (χ2v) is 7.42. The number of carboxylic acid groups (broad SMARTS) is 1. The SMILES string of the molecule is CC1(NC(=O)c2ccc(C(=O)NCC(=O)O)cc2)NC(c2ccccn2)=CS1. The van der Waals surface area contributed by atoms with Gasteiger partial charge in [-0.3, -0.25) is 19.4 Å². The highest BCUT2D eigenvalue weighted by Crippen LogP contribution is 2.33. The maximum absolute atomic E-state index is 12.6. The maximum Gasteiger partial charge on any atom is 0.322 e. The third-order valence-corrected chi connectivity index (χ3v) is 4.92. The van der Waals surface area contributed by atoms with Crippen LogP contribution in [0, 0.1) is 0 Å². The molecule has 0 fully saturated rings. The molecule has 0 radical (unpaired) electrons. The van der Waals surface area contributed by atoms with Crippen molar-refractivity contribution in [2.45, 2.75) is 11.9 Å². The topological polar surface area (TPSA) is 120 Å². The van der Waals surface area contributed by atoms with E-state index in [2.05, 4.69) is 20.9 Å². The van der Waals surface area contributed by atoms with Crippen LogP contribution < -0.4 is 16.0 Å². The number of rotatable bonds is 6. The summed E-state index contributed by atoms with van der Waals surface area (Å²) in [6, 6.07) is 11.6. The van der Waals surface area contributed by atoms with E-state index in [1.807, 2.05) is 30.5 Å². The van der Waals surface area contributed by atoms with Crippen molar-refractivity contribution in [3.05, 3.63) is 70.9 Å². The van der Waals surface area contributed by atoms with Gasteiger partial charge in [-0.2, -0.15) is 0 Å². The number of carbonyl (C=O) groups is 3. The lowest BCUT2D eigenvalue weighted by molar-refractivity contribution is -0.135. The van der Waals surface area contributed by atoms with Crippen LogP contribution in [0.3, 0.4) is 0 Å². The van der Waals surface area contributed by atoms with Gasteiger partial charge in [-0.25, -0.2) is 0 Å². The minimum Gasteiger partial charge on any atom is -0.480 e. The van der Waals surface area contributed by atoms with Crippen molar-refractivity contribution in [3.8, 4) is 0 Å². The number of aromatic nitrogens is 1. The van der Waals surface area contributed by atoms with Gasteiger partial charge < -0.3 is 21.1 Å². The van der Waals surface area contributed by atoms with Crippen LogP contribution in [0.1, 0.15) is 33.3 Å². The highest BCUT2D eigenvalue weighted by molar-refractivity contribution is 8.03. The van der Waals surface area contributed by atoms with Gasteiger partial charge >= 0.3 is 5.97 Å². The van der Waals surface area contributed by atoms with Gasteiger partial charge in [-0.1, -0.05) is 17.8 Å². The van der Waals surface area contributed by atoms with Crippen LogP contribution in [0.25, 0.3) is 5.70 Å². The molecule has 0 spiro atoms. The molecule has 3 rings (SSSR count). The molecule has 0 saturated carbocycles. The van der Waals surface area contributed by atoms with Crippen LogP contribution in [0.15, 0.2) is 54.1 Å². The van der Waals surface area contributed by atoms with Crippen LogP contribution in [-0.4, -0.2) is 39.4 Å². The van der Waals surface area contributed by atoms with Gasteiger partial charge in [0.15, 0.2) is 4.99 Å². The lowest BCUT2D eigenvalue weighted by atomic mass is 10.1. The van der Waals surface area contributed by atoms with E-state index in [4.69, 9.17) is 5.11 Å². The molecule has 2 heterocycles. The predicted molar refractivity (Wildman–Crippen MR) is 105 cm³/mol. The molecule has 9 heteroatoms. The average Bonchev–Trinajstić information content (AvgIpc) is 3.08. The molecule has 4 N–H and O–H groups in total. The Balaban J connectivity index is 1.60. The van der Waals surface area contributed by atoms with Gasteiger partial charge in [0, 0.05) is 22.7 Å². The number of amides is 2. The summed E-state index contributed by atoms with van der Waals surface area (Å²) in [5.74, 6) is -1.95. The first-order valence-corrected chi connectivity index (χ1v) is 9.24. The molecule has 2 amide bonds. The third-order valence-electron chi connectivity index (χ3n) is 3.89. The lowest BCUT2D eigenvalue weighted by Crippen LogP contribution is -2.51. The highest BCUT2D eigenvalue weighted by atomic mass is 32.2. The zero-order chi connectivity index (χ0) is 20.1. The zero-order valence-corrected chi connectivity index (χ0v) is 15.7. The minimum atomic E-state index is -1.13. The molecular formula is C19H18N4O4S. The van der Waals surface area contributed by atoms with Crippen LogP contribution in [0.5, 0.6) is 0 Å². The summed E-state index contributed by atoms with van der Waals surface area (Å²) in [5, 5.41) is 18.9. The Hall–Kier alpha value is -3.33. The van der Waals surface area contributed by atoms with Gasteiger partial charge in [0.1, 0.15) is 6.54 Å². The number of aliphatic carboxylic acids is 1. The molecule has 1 aliphatic rings. The van der Waals surface area contributed by atoms with Crippen molar-refractivity contribution in [2.24, 2.45) is 0 Å². The Morgan fingerprint density at radius 2 is 1.79 bits per heavy atom. The fourth-order valence-corrected chi connectivity index (χ4v) is 3.37. The highest BCUT2D eigenvalue weighted by Gasteiger charge is 2.32. The molecule has 0 bridgehead atoms. The van der Waals surface area contributed by atoms with Gasteiger partial charge in [0.2, 0.25) is 0 Å². The van der Waals surface area contributed by atoms with Crippen LogP contribution >= 0.6 is 11.8 Å². The van der Waals surface area contributed by atoms with Crippen LogP contribution in [0.4, 0.5) is 0 Å². The smallest absolute Gasteiger partial charge is 0.322 e. The summed E-state index contributed by atoms with van der Waals surface area (Å²) in [6.45, 7) is 1.38. The summed E-state index contributed by atoms with van der Waals surface area (Å²) < 4.78 is 0. The first kappa shape index (κ1) is 19.4. The maximum atomic E-state index is 12.6. The fourth-order valence-electron chi connectivity index (χ4n) is 2.52. The largest absolute Gasteiger partial charge is 0.480 e. The van der Waals surface area contributed by atoms with Crippen molar-refractivity contribution >= 4 is 35.2 Å². The summed E-state index contributed by atoms with van der Waals surface area (Å²) in [4.78, 5) is 38.4. The molecule has 144 valence electrons. The normalized spacial score (nSPS) is 18.0. The second-order valence-electron chi connectivity index (χ2n) is 6.13. The molecule has 0 saturated heterocycles. The van der Waals surface area contributed by atoms with Crippen molar-refractivity contribution in [3.63, 3.8) is 0 Å². The molecule has 28 heavy (non-hydrogen) atoms. The number of nitrogens with zero attached hydrogens (tertiary/aromatic N) is 1. The standard InChI is InChI=1S/C19H18N4O4S/c1-19(22-15(11-28-19)14-4-2-3-9-20-14)23-18(27)13-7-5-12(6-8-13)17(26)21-10-16(24)25/h2-9,11,22H,10H2,1H3,(H,21,26)(H,23,27)(H,24,25). The van der Waals surface area contributed by atoms with E-state index in [-0.39, 0.29) is 11.5 Å². The number of hydrogen-bond acceptors (Lipinski definition) is 6. The molecule has 1 aromatic carbocycles. The first-order valence-electron chi connectivity index (χ1n) is 8.36. The quantitative estimate of drug-likeness (QED) is 0.584. The summed E-state index contributed by atoms with van der Waals surface area (Å²) >= 11 is 1.42. The molecule has 1 atom stereocenters. The minimum absolute atomic E-state index is 0.275. The van der Waals surface area contributed by atoms with Crippen LogP contribution in [0.2, 0.25) is 0 Å². The van der Waals surface area contributed by atoms with Crippen molar-refractivity contribution in [2.75, 3.05) is 6.54 Å². The van der Waals surface area contributed by atoms with Gasteiger partial charge in [0.05, 0.1) is 11.4 Å². The van der Waals surface area contributed by atoms with E-state index in [0.29, 0.717) is 5.56 Å². The molecule has 2 aromatic rings. The number of benzene rings is 1. The van der Waals surface area contributed by atoms with Gasteiger partial charge in [-0.15, -0.1) is 0 Å². The van der Waals surface area contributed by atoms with E-state index in [1.165, 1.54) is 36.0 Å². The van der Waals surface area contributed by atoms with E-state index in [1.54, 1.807) is 6.20 Å². The van der Waals surface area contributed by atoms with Gasteiger partial charge in [0.25, 0.3) is 11.8 Å². The molecular weight excluding hydrogens is 380 g/mol. The number of thioether (sulfide) groups is 1. The molecule has 0 aliphatic carbocycles. The Kier molecular flexibility index (Phi) is 5.65. The van der Waals surface area contributed by atoms with Crippen molar-refractivity contribution in [1.82, 2.24) is 20.9 Å². The number of carboxylic acids is 1. The molecule has 1 aliphatic heterocycles. The number of carbonyl (C=O) groups excluding carboxylic acids is 2. The first-order chi connectivity index (χ1) is 13.4. The van der Waals surface area contributed by atoms with Crippen molar-refractivity contribution < 1.29 is 19.5 Å². The van der Waals surface area contributed by atoms with E-state index in [0.717, 1.165) is 11.4 Å². The predicted octanol–water partition coefficient (Wildman–Crippen LogP) is 1.63. The fraction of sp³-hybridized carbons (Fsp3) is 0.158. The number of pyridine rings is 1. The Morgan fingerprint density at radius 3 is 2.39 bits per heavy atom. The average molecular weight is 398 g/mol. The third kappa shape index (κ3) is 4.68. The van der Waals surface area contributed by atoms with E-state index in [9.17, 15) is 14.4 Å². The summed E-state index contributed by atoms with van der Waals surface area (Å²) in [6.07, 6.45) is 1.70. The molecule has 1 aromatic heterocycles. The lowest BCUT2D eigenvalue weighted by Gasteiger charge is -2.26. The van der Waals surface area contributed by atoms with Crippen LogP contribution in [-0.2, 0) is 4.79 Å². The Morgan fingerprint density at radius 1 is 1.11 bits per heavy atom.